The molecular weight excluding hydrogens is 386 g/mol. The Balaban J connectivity index is 1.63. The zero-order chi connectivity index (χ0) is 20.5. The molecule has 1 aliphatic carbocycles. The summed E-state index contributed by atoms with van der Waals surface area (Å²) in [6.45, 7) is 1.93. The Morgan fingerprint density at radius 1 is 0.931 bits per heavy atom. The number of carbonyl (C=O) groups excluding carboxylic acids is 1. The molecule has 5 nitrogen and oxygen atoms in total. The number of methoxy groups -OCH3 is 3. The van der Waals surface area contributed by atoms with Crippen LogP contribution in [0.1, 0.15) is 26.4 Å². The lowest BCUT2D eigenvalue weighted by Crippen LogP contribution is -2.11. The molecule has 0 bridgehead atoms. The Bertz CT molecular complexity index is 1090. The highest BCUT2D eigenvalue weighted by molar-refractivity contribution is 7.17. The minimum absolute atomic E-state index is 0.116. The molecule has 1 amide bonds. The molecule has 0 saturated carbocycles. The van der Waals surface area contributed by atoms with Crippen LogP contribution in [0.3, 0.4) is 0 Å². The Hall–Kier alpha value is -2.99. The first-order valence-electron chi connectivity index (χ1n) is 9.38. The number of rotatable bonds is 5. The minimum Gasteiger partial charge on any atom is -0.497 e. The number of aryl methyl sites for hydroxylation is 3. The van der Waals surface area contributed by atoms with E-state index in [2.05, 4.69) is 17.4 Å². The number of carbonyl (C=O) groups is 1. The van der Waals surface area contributed by atoms with Crippen molar-refractivity contribution in [1.82, 2.24) is 0 Å². The van der Waals surface area contributed by atoms with Gasteiger partial charge >= 0.3 is 0 Å². The van der Waals surface area contributed by atoms with Crippen molar-refractivity contribution >= 4 is 22.9 Å². The number of amides is 1. The number of thiophene rings is 1. The molecule has 1 aliphatic rings. The van der Waals surface area contributed by atoms with E-state index in [1.54, 1.807) is 27.4 Å². The molecule has 150 valence electrons. The smallest absolute Gasteiger partial charge is 0.265 e. The Labute approximate surface area is 174 Å². The van der Waals surface area contributed by atoms with Crippen LogP contribution in [0.25, 0.3) is 10.4 Å². The lowest BCUT2D eigenvalue weighted by atomic mass is 9.91. The zero-order valence-corrected chi connectivity index (χ0v) is 17.7. The van der Waals surface area contributed by atoms with E-state index in [4.69, 9.17) is 14.2 Å². The lowest BCUT2D eigenvalue weighted by molar-refractivity contribution is 0.103. The van der Waals surface area contributed by atoms with Crippen molar-refractivity contribution in [3.05, 3.63) is 58.0 Å². The molecule has 1 N–H and O–H groups in total. The molecule has 1 heterocycles. The third-order valence-corrected chi connectivity index (χ3v) is 6.44. The first-order valence-corrected chi connectivity index (χ1v) is 10.2. The van der Waals surface area contributed by atoms with Crippen LogP contribution >= 0.6 is 11.3 Å². The molecule has 0 fully saturated rings. The summed E-state index contributed by atoms with van der Waals surface area (Å²) < 4.78 is 16.0. The van der Waals surface area contributed by atoms with Gasteiger partial charge in [0.05, 0.1) is 26.2 Å². The van der Waals surface area contributed by atoms with Crippen LogP contribution in [0.15, 0.2) is 36.4 Å². The van der Waals surface area contributed by atoms with Crippen molar-refractivity contribution in [2.75, 3.05) is 26.6 Å². The molecule has 0 radical (unpaired) electrons. The van der Waals surface area contributed by atoms with E-state index < -0.39 is 0 Å². The average molecular weight is 410 g/mol. The molecular formula is C23H23NO4S. The fraction of sp³-hybridized carbons (Fsp3) is 0.261. The average Bonchev–Trinajstić information content (AvgIpc) is 3.19. The van der Waals surface area contributed by atoms with Crippen LogP contribution in [-0.2, 0) is 12.8 Å². The normalized spacial score (nSPS) is 12.0. The first-order chi connectivity index (χ1) is 14.0. The maximum atomic E-state index is 13.0. The van der Waals surface area contributed by atoms with Crippen LogP contribution in [0.5, 0.6) is 17.2 Å². The van der Waals surface area contributed by atoms with Crippen LogP contribution < -0.4 is 19.5 Å². The van der Waals surface area contributed by atoms with E-state index in [1.165, 1.54) is 32.9 Å². The molecule has 2 aromatic carbocycles. The van der Waals surface area contributed by atoms with Crippen LogP contribution in [0, 0.1) is 6.92 Å². The van der Waals surface area contributed by atoms with Gasteiger partial charge in [-0.25, -0.2) is 0 Å². The van der Waals surface area contributed by atoms with Gasteiger partial charge in [0.15, 0.2) is 11.5 Å². The van der Waals surface area contributed by atoms with Gasteiger partial charge in [0.25, 0.3) is 5.91 Å². The zero-order valence-electron chi connectivity index (χ0n) is 16.9. The predicted octanol–water partition coefficient (Wildman–Crippen LogP) is 5.10. The fourth-order valence-electron chi connectivity index (χ4n) is 3.65. The maximum absolute atomic E-state index is 13.0. The second kappa shape index (κ2) is 7.79. The van der Waals surface area contributed by atoms with Crippen molar-refractivity contribution < 1.29 is 19.0 Å². The number of hydrogen-bond acceptors (Lipinski definition) is 5. The second-order valence-corrected chi connectivity index (χ2v) is 8.02. The molecule has 6 heteroatoms. The first kappa shape index (κ1) is 19.3. The summed E-state index contributed by atoms with van der Waals surface area (Å²) >= 11 is 1.53. The number of ether oxygens (including phenoxy) is 3. The van der Waals surface area contributed by atoms with Gasteiger partial charge < -0.3 is 19.5 Å². The second-order valence-electron chi connectivity index (χ2n) is 6.96. The topological polar surface area (TPSA) is 56.8 Å². The van der Waals surface area contributed by atoms with Gasteiger partial charge in [-0.3, -0.25) is 4.79 Å². The van der Waals surface area contributed by atoms with Gasteiger partial charge in [-0.1, -0.05) is 0 Å². The number of fused-ring (bicyclic) bond motifs is 3. The summed E-state index contributed by atoms with van der Waals surface area (Å²) in [5.41, 5.74) is 5.31. The van der Waals surface area contributed by atoms with Gasteiger partial charge in [-0.15, -0.1) is 11.3 Å². The molecule has 0 atom stereocenters. The van der Waals surface area contributed by atoms with E-state index in [0.29, 0.717) is 22.1 Å². The fourth-order valence-corrected chi connectivity index (χ4v) is 4.81. The third kappa shape index (κ3) is 3.56. The summed E-state index contributed by atoms with van der Waals surface area (Å²) in [5, 5.41) is 3.02. The summed E-state index contributed by atoms with van der Waals surface area (Å²) in [6.07, 6.45) is 1.88. The van der Waals surface area contributed by atoms with Gasteiger partial charge in [0.2, 0.25) is 0 Å². The molecule has 29 heavy (non-hydrogen) atoms. The van der Waals surface area contributed by atoms with Crippen molar-refractivity contribution in [2.45, 2.75) is 19.8 Å². The van der Waals surface area contributed by atoms with Crippen molar-refractivity contribution in [3.8, 4) is 27.7 Å². The Morgan fingerprint density at radius 3 is 2.38 bits per heavy atom. The van der Waals surface area contributed by atoms with Gasteiger partial charge in [0.1, 0.15) is 5.75 Å². The van der Waals surface area contributed by atoms with E-state index in [-0.39, 0.29) is 5.91 Å². The Morgan fingerprint density at radius 2 is 1.66 bits per heavy atom. The Kier molecular flexibility index (Phi) is 5.20. The minimum atomic E-state index is -0.116. The van der Waals surface area contributed by atoms with E-state index in [0.717, 1.165) is 24.2 Å². The van der Waals surface area contributed by atoms with E-state index in [1.807, 2.05) is 25.1 Å². The summed E-state index contributed by atoms with van der Waals surface area (Å²) in [6, 6.07) is 11.8. The summed E-state index contributed by atoms with van der Waals surface area (Å²) in [7, 11) is 4.86. The number of nitrogens with one attached hydrogen (secondary N) is 1. The molecule has 0 saturated heterocycles. The highest BCUT2D eigenvalue weighted by Gasteiger charge is 2.22. The number of benzene rings is 2. The number of hydrogen-bond donors (Lipinski definition) is 1. The quantitative estimate of drug-likeness (QED) is 0.637. The third-order valence-electron chi connectivity index (χ3n) is 5.23. The van der Waals surface area contributed by atoms with Crippen molar-refractivity contribution in [3.63, 3.8) is 0 Å². The SMILES string of the molecule is COc1ccc2c(c1)CCc1cc(C(=O)Nc3cc(OC)c(OC)cc3C)sc1-2. The highest BCUT2D eigenvalue weighted by atomic mass is 32.1. The monoisotopic (exact) mass is 409 g/mol. The van der Waals surface area contributed by atoms with Crippen LogP contribution in [0.2, 0.25) is 0 Å². The van der Waals surface area contributed by atoms with Gasteiger partial charge in [0, 0.05) is 16.6 Å². The lowest BCUT2D eigenvalue weighted by Gasteiger charge is -2.16. The van der Waals surface area contributed by atoms with E-state index in [9.17, 15) is 4.79 Å². The van der Waals surface area contributed by atoms with E-state index >= 15 is 0 Å². The molecule has 4 rings (SSSR count). The van der Waals surface area contributed by atoms with Crippen LogP contribution in [0.4, 0.5) is 5.69 Å². The number of anilines is 1. The molecule has 3 aromatic rings. The van der Waals surface area contributed by atoms with Crippen molar-refractivity contribution in [2.24, 2.45) is 0 Å². The summed E-state index contributed by atoms with van der Waals surface area (Å²) in [5.74, 6) is 1.98. The van der Waals surface area contributed by atoms with Crippen molar-refractivity contribution in [1.29, 1.82) is 0 Å². The molecule has 0 aliphatic heterocycles. The highest BCUT2D eigenvalue weighted by Crippen LogP contribution is 2.41. The standard InChI is InChI=1S/C23H23NO4S/c1-13-9-19(27-3)20(28-4)12-18(13)24-23(25)21-11-15-6-5-14-10-16(26-2)7-8-17(14)22(15)29-21/h7-12H,5-6H2,1-4H3,(H,24,25). The molecule has 0 spiro atoms. The largest absolute Gasteiger partial charge is 0.497 e. The predicted molar refractivity (Wildman–Crippen MR) is 116 cm³/mol. The van der Waals surface area contributed by atoms with Gasteiger partial charge in [-0.05, 0) is 72.4 Å². The van der Waals surface area contributed by atoms with Gasteiger partial charge in [-0.2, -0.15) is 0 Å². The maximum Gasteiger partial charge on any atom is 0.265 e. The molecule has 0 unspecified atom stereocenters. The van der Waals surface area contributed by atoms with Crippen LogP contribution in [-0.4, -0.2) is 27.2 Å². The summed E-state index contributed by atoms with van der Waals surface area (Å²) in [4.78, 5) is 14.8. The molecule has 1 aromatic heterocycles.